The van der Waals surface area contributed by atoms with Gasteiger partial charge in [-0.3, -0.25) is 4.98 Å². The van der Waals surface area contributed by atoms with Crippen LogP contribution in [0.1, 0.15) is 36.1 Å². The smallest absolute Gasteiger partial charge is 0.123 e. The summed E-state index contributed by atoms with van der Waals surface area (Å²) < 4.78 is 13.1. The van der Waals surface area contributed by atoms with Gasteiger partial charge in [0.25, 0.3) is 0 Å². The van der Waals surface area contributed by atoms with Crippen LogP contribution in [0.5, 0.6) is 0 Å². The van der Waals surface area contributed by atoms with Crippen molar-refractivity contribution in [1.29, 1.82) is 0 Å². The van der Waals surface area contributed by atoms with Crippen LogP contribution >= 0.6 is 0 Å². The quantitative estimate of drug-likeness (QED) is 0.886. The summed E-state index contributed by atoms with van der Waals surface area (Å²) >= 11 is 0. The van der Waals surface area contributed by atoms with E-state index in [2.05, 4.69) is 24.1 Å². The Hall–Kier alpha value is -1.74. The fourth-order valence-corrected chi connectivity index (χ4v) is 2.13. The summed E-state index contributed by atoms with van der Waals surface area (Å²) in [4.78, 5) is 4.20. The van der Waals surface area contributed by atoms with Crippen molar-refractivity contribution in [3.8, 4) is 0 Å². The van der Waals surface area contributed by atoms with Gasteiger partial charge in [-0.1, -0.05) is 19.1 Å². The van der Waals surface area contributed by atoms with Gasteiger partial charge in [0.1, 0.15) is 5.82 Å². The summed E-state index contributed by atoms with van der Waals surface area (Å²) in [6.45, 7) is 5.11. The van der Waals surface area contributed by atoms with Crippen molar-refractivity contribution in [2.24, 2.45) is 0 Å². The van der Waals surface area contributed by atoms with E-state index in [1.165, 1.54) is 17.7 Å². The lowest BCUT2D eigenvalue weighted by Crippen LogP contribution is -2.24. The molecule has 2 rings (SSSR count). The van der Waals surface area contributed by atoms with Gasteiger partial charge < -0.3 is 5.32 Å². The fourth-order valence-electron chi connectivity index (χ4n) is 2.13. The van der Waals surface area contributed by atoms with Crippen LogP contribution in [0, 0.1) is 12.7 Å². The summed E-state index contributed by atoms with van der Waals surface area (Å²) in [5.41, 5.74) is 3.39. The van der Waals surface area contributed by atoms with Gasteiger partial charge in [0.2, 0.25) is 0 Å². The molecule has 1 atom stereocenters. The molecule has 0 bridgehead atoms. The highest BCUT2D eigenvalue weighted by Gasteiger charge is 2.15. The highest BCUT2D eigenvalue weighted by atomic mass is 19.1. The zero-order chi connectivity index (χ0) is 13.7. The van der Waals surface area contributed by atoms with Gasteiger partial charge in [-0.2, -0.15) is 0 Å². The monoisotopic (exact) mass is 258 g/mol. The molecule has 1 heterocycles. The maximum absolute atomic E-state index is 13.1. The number of nitrogens with one attached hydrogen (secondary N) is 1. The van der Waals surface area contributed by atoms with Crippen molar-refractivity contribution in [2.75, 3.05) is 6.54 Å². The molecule has 2 aromatic rings. The summed E-state index contributed by atoms with van der Waals surface area (Å²) in [5.74, 6) is -0.207. The van der Waals surface area contributed by atoms with Gasteiger partial charge >= 0.3 is 0 Å². The molecule has 1 aromatic carbocycles. The van der Waals surface area contributed by atoms with Crippen molar-refractivity contribution in [3.05, 3.63) is 65.2 Å². The SMILES string of the molecule is CCCNC(c1ccc(F)cc1)c1cnccc1C. The van der Waals surface area contributed by atoms with Crippen molar-refractivity contribution in [1.82, 2.24) is 10.3 Å². The molecule has 1 unspecified atom stereocenters. The minimum absolute atomic E-state index is 0.0641. The molecule has 0 fully saturated rings. The van der Waals surface area contributed by atoms with Crippen LogP contribution < -0.4 is 5.32 Å². The first-order valence-electron chi connectivity index (χ1n) is 6.61. The number of aromatic nitrogens is 1. The van der Waals surface area contributed by atoms with E-state index in [4.69, 9.17) is 0 Å². The Bertz CT molecular complexity index is 523. The molecule has 2 nitrogen and oxygen atoms in total. The van der Waals surface area contributed by atoms with E-state index in [1.54, 1.807) is 6.20 Å². The van der Waals surface area contributed by atoms with Crippen LogP contribution in [0.25, 0.3) is 0 Å². The molecule has 0 saturated heterocycles. The molecule has 19 heavy (non-hydrogen) atoms. The topological polar surface area (TPSA) is 24.9 Å². The largest absolute Gasteiger partial charge is 0.306 e. The van der Waals surface area contributed by atoms with Gasteiger partial charge in [-0.15, -0.1) is 0 Å². The summed E-state index contributed by atoms with van der Waals surface area (Å²) in [6, 6.07) is 8.72. The molecule has 0 spiro atoms. The average molecular weight is 258 g/mol. The molecule has 3 heteroatoms. The van der Waals surface area contributed by atoms with Crippen molar-refractivity contribution in [2.45, 2.75) is 26.3 Å². The zero-order valence-corrected chi connectivity index (χ0v) is 11.4. The lowest BCUT2D eigenvalue weighted by molar-refractivity contribution is 0.589. The van der Waals surface area contributed by atoms with Crippen molar-refractivity contribution >= 4 is 0 Å². The third-order valence-corrected chi connectivity index (χ3v) is 3.19. The Kier molecular flexibility index (Phi) is 4.63. The van der Waals surface area contributed by atoms with Gasteiger partial charge in [0, 0.05) is 12.4 Å². The average Bonchev–Trinajstić information content (AvgIpc) is 2.43. The highest BCUT2D eigenvalue weighted by molar-refractivity contribution is 5.34. The maximum atomic E-state index is 13.1. The Morgan fingerprint density at radius 1 is 1.21 bits per heavy atom. The second kappa shape index (κ2) is 6.43. The van der Waals surface area contributed by atoms with Gasteiger partial charge in [-0.25, -0.2) is 4.39 Å². The first-order valence-corrected chi connectivity index (χ1v) is 6.61. The predicted octanol–water partition coefficient (Wildman–Crippen LogP) is 3.62. The molecule has 0 aliphatic carbocycles. The molecule has 1 N–H and O–H groups in total. The van der Waals surface area contributed by atoms with Crippen LogP contribution in [0.15, 0.2) is 42.7 Å². The van der Waals surface area contributed by atoms with E-state index < -0.39 is 0 Å². The van der Waals surface area contributed by atoms with Crippen molar-refractivity contribution < 1.29 is 4.39 Å². The Morgan fingerprint density at radius 2 is 1.95 bits per heavy atom. The van der Waals surface area contributed by atoms with Crippen LogP contribution in [-0.2, 0) is 0 Å². The molecular formula is C16H19FN2. The summed E-state index contributed by atoms with van der Waals surface area (Å²) in [7, 11) is 0. The second-order valence-electron chi connectivity index (χ2n) is 4.67. The number of pyridine rings is 1. The molecule has 1 aromatic heterocycles. The molecule has 0 amide bonds. The fraction of sp³-hybridized carbons (Fsp3) is 0.312. The van der Waals surface area contributed by atoms with Crippen LogP contribution in [-0.4, -0.2) is 11.5 Å². The van der Waals surface area contributed by atoms with Crippen molar-refractivity contribution in [3.63, 3.8) is 0 Å². The van der Waals surface area contributed by atoms with Crippen LogP contribution in [0.4, 0.5) is 4.39 Å². The number of aryl methyl sites for hydroxylation is 1. The molecule has 100 valence electrons. The Labute approximate surface area is 113 Å². The Balaban J connectivity index is 2.35. The number of hydrogen-bond donors (Lipinski definition) is 1. The Morgan fingerprint density at radius 3 is 2.58 bits per heavy atom. The first-order chi connectivity index (χ1) is 9.22. The normalized spacial score (nSPS) is 12.4. The van der Waals surface area contributed by atoms with E-state index in [9.17, 15) is 4.39 Å². The van der Waals surface area contributed by atoms with Gasteiger partial charge in [-0.05, 0) is 54.8 Å². The predicted molar refractivity (Wildman–Crippen MR) is 75.5 cm³/mol. The zero-order valence-electron chi connectivity index (χ0n) is 11.4. The van der Waals surface area contributed by atoms with Gasteiger partial charge in [0.05, 0.1) is 6.04 Å². The van der Waals surface area contributed by atoms with Crippen LogP contribution in [0.2, 0.25) is 0 Å². The third kappa shape index (κ3) is 3.38. The first kappa shape index (κ1) is 13.7. The number of rotatable bonds is 5. The molecule has 0 aliphatic rings. The van der Waals surface area contributed by atoms with E-state index in [-0.39, 0.29) is 11.9 Å². The molecule has 0 radical (unpaired) electrons. The number of halogens is 1. The molecule has 0 saturated carbocycles. The van der Waals surface area contributed by atoms with E-state index in [0.29, 0.717) is 0 Å². The summed E-state index contributed by atoms with van der Waals surface area (Å²) in [5, 5.41) is 3.50. The van der Waals surface area contributed by atoms with Gasteiger partial charge in [0.15, 0.2) is 0 Å². The highest BCUT2D eigenvalue weighted by Crippen LogP contribution is 2.24. The molecule has 0 aliphatic heterocycles. The van der Waals surface area contributed by atoms with E-state index in [1.807, 2.05) is 24.4 Å². The number of hydrogen-bond acceptors (Lipinski definition) is 2. The standard InChI is InChI=1S/C16H19FN2/c1-3-9-19-16(13-4-6-14(17)7-5-13)15-11-18-10-8-12(15)2/h4-8,10-11,16,19H,3,9H2,1-2H3. The van der Waals surface area contributed by atoms with E-state index >= 15 is 0 Å². The maximum Gasteiger partial charge on any atom is 0.123 e. The summed E-state index contributed by atoms with van der Waals surface area (Å²) in [6.07, 6.45) is 4.73. The number of nitrogens with zero attached hydrogens (tertiary/aromatic N) is 1. The second-order valence-corrected chi connectivity index (χ2v) is 4.67. The minimum atomic E-state index is -0.207. The minimum Gasteiger partial charge on any atom is -0.306 e. The molecular weight excluding hydrogens is 239 g/mol. The number of benzene rings is 1. The lowest BCUT2D eigenvalue weighted by atomic mass is 9.96. The third-order valence-electron chi connectivity index (χ3n) is 3.19. The lowest BCUT2D eigenvalue weighted by Gasteiger charge is -2.21. The van der Waals surface area contributed by atoms with E-state index in [0.717, 1.165) is 24.1 Å². The van der Waals surface area contributed by atoms with Crippen LogP contribution in [0.3, 0.4) is 0 Å².